The number of aromatic nitrogens is 1. The van der Waals surface area contributed by atoms with Gasteiger partial charge >= 0.3 is 5.97 Å². The van der Waals surface area contributed by atoms with Crippen molar-refractivity contribution in [1.82, 2.24) is 10.3 Å². The highest BCUT2D eigenvalue weighted by Crippen LogP contribution is 2.47. The van der Waals surface area contributed by atoms with Crippen LogP contribution in [0.25, 0.3) is 10.2 Å². The van der Waals surface area contributed by atoms with Crippen LogP contribution in [0.3, 0.4) is 0 Å². The molecule has 5 nitrogen and oxygen atoms in total. The van der Waals surface area contributed by atoms with Crippen molar-refractivity contribution in [2.45, 2.75) is 22.6 Å². The molecule has 4 rings (SSSR count). The van der Waals surface area contributed by atoms with Gasteiger partial charge in [-0.25, -0.2) is 4.98 Å². The number of ether oxygens (including phenoxy) is 1. The van der Waals surface area contributed by atoms with Crippen LogP contribution >= 0.6 is 23.1 Å². The molecule has 0 atom stereocenters. The largest absolute Gasteiger partial charge is 0.455 e. The smallest absolute Gasteiger partial charge is 0.316 e. The molecule has 1 saturated carbocycles. The summed E-state index contributed by atoms with van der Waals surface area (Å²) in [5, 5.41) is 2.90. The fourth-order valence-electron chi connectivity index (χ4n) is 3.05. The molecular formula is C21H20N2O3S2. The van der Waals surface area contributed by atoms with Gasteiger partial charge in [0.05, 0.1) is 16.0 Å². The maximum absolute atomic E-state index is 12.0. The third kappa shape index (κ3) is 4.54. The summed E-state index contributed by atoms with van der Waals surface area (Å²) in [4.78, 5) is 28.4. The number of rotatable bonds is 8. The highest BCUT2D eigenvalue weighted by Gasteiger charge is 2.44. The van der Waals surface area contributed by atoms with E-state index in [1.807, 2.05) is 42.5 Å². The highest BCUT2D eigenvalue weighted by molar-refractivity contribution is 8.01. The summed E-state index contributed by atoms with van der Waals surface area (Å²) in [6.07, 6.45) is 2.13. The minimum atomic E-state index is -0.413. The number of nitrogens with zero attached hydrogens (tertiary/aromatic N) is 1. The van der Waals surface area contributed by atoms with Gasteiger partial charge < -0.3 is 10.1 Å². The lowest BCUT2D eigenvalue weighted by atomic mass is 9.96. The van der Waals surface area contributed by atoms with E-state index >= 15 is 0 Å². The summed E-state index contributed by atoms with van der Waals surface area (Å²) in [5.74, 6) is -0.537. The molecule has 1 fully saturated rings. The third-order valence-corrected chi connectivity index (χ3v) is 6.97. The van der Waals surface area contributed by atoms with Crippen molar-refractivity contribution >= 4 is 45.2 Å². The van der Waals surface area contributed by atoms with E-state index in [9.17, 15) is 9.59 Å². The maximum Gasteiger partial charge on any atom is 0.316 e. The molecule has 0 spiro atoms. The second-order valence-corrected chi connectivity index (χ2v) is 9.07. The molecule has 0 radical (unpaired) electrons. The molecule has 0 aliphatic heterocycles. The molecule has 0 bridgehead atoms. The number of benzene rings is 2. The monoisotopic (exact) mass is 412 g/mol. The van der Waals surface area contributed by atoms with Crippen LogP contribution in [0.1, 0.15) is 18.4 Å². The molecule has 0 unspecified atom stereocenters. The number of para-hydroxylation sites is 1. The van der Waals surface area contributed by atoms with E-state index in [1.165, 1.54) is 17.3 Å². The lowest BCUT2D eigenvalue weighted by molar-refractivity contribution is -0.145. The fourth-order valence-corrected chi connectivity index (χ4v) is 4.92. The number of thioether (sulfide) groups is 1. The van der Waals surface area contributed by atoms with Gasteiger partial charge in [-0.15, -0.1) is 11.3 Å². The molecule has 2 aromatic carbocycles. The first-order chi connectivity index (χ1) is 13.6. The first-order valence-corrected chi connectivity index (χ1v) is 10.9. The van der Waals surface area contributed by atoms with Crippen molar-refractivity contribution in [3.63, 3.8) is 0 Å². The predicted molar refractivity (Wildman–Crippen MR) is 112 cm³/mol. The van der Waals surface area contributed by atoms with Gasteiger partial charge in [0.2, 0.25) is 0 Å². The van der Waals surface area contributed by atoms with Crippen LogP contribution in [0, 0.1) is 0 Å². The van der Waals surface area contributed by atoms with Crippen molar-refractivity contribution < 1.29 is 14.3 Å². The molecule has 1 N–H and O–H groups in total. The van der Waals surface area contributed by atoms with Crippen LogP contribution in [0.2, 0.25) is 0 Å². The van der Waals surface area contributed by atoms with Crippen molar-refractivity contribution in [2.75, 3.05) is 18.9 Å². The molecule has 1 aromatic heterocycles. The molecule has 1 aliphatic rings. The Kier molecular flexibility index (Phi) is 5.64. The van der Waals surface area contributed by atoms with Gasteiger partial charge in [0.15, 0.2) is 10.9 Å². The fraction of sp³-hybridized carbons (Fsp3) is 0.286. The van der Waals surface area contributed by atoms with Gasteiger partial charge in [-0.2, -0.15) is 0 Å². The van der Waals surface area contributed by atoms with Gasteiger partial charge in [-0.05, 0) is 30.5 Å². The molecule has 28 heavy (non-hydrogen) atoms. The summed E-state index contributed by atoms with van der Waals surface area (Å²) in [5.41, 5.74) is 2.22. The first-order valence-electron chi connectivity index (χ1n) is 9.11. The van der Waals surface area contributed by atoms with E-state index in [2.05, 4.69) is 22.4 Å². The van der Waals surface area contributed by atoms with E-state index in [4.69, 9.17) is 4.74 Å². The number of esters is 1. The Morgan fingerprint density at radius 2 is 1.86 bits per heavy atom. The number of carbonyl (C=O) groups is 2. The maximum atomic E-state index is 12.0. The van der Waals surface area contributed by atoms with Gasteiger partial charge in [-0.1, -0.05) is 54.2 Å². The van der Waals surface area contributed by atoms with Crippen LogP contribution in [0.15, 0.2) is 58.9 Å². The van der Waals surface area contributed by atoms with Crippen LogP contribution < -0.4 is 5.32 Å². The zero-order valence-corrected chi connectivity index (χ0v) is 16.9. The second-order valence-electron chi connectivity index (χ2n) is 6.82. The average molecular weight is 413 g/mol. The zero-order valence-electron chi connectivity index (χ0n) is 15.2. The number of fused-ring (bicyclic) bond motifs is 1. The predicted octanol–water partition coefficient (Wildman–Crippen LogP) is 3.78. The van der Waals surface area contributed by atoms with E-state index in [1.54, 1.807) is 11.3 Å². The van der Waals surface area contributed by atoms with Crippen molar-refractivity contribution in [3.8, 4) is 0 Å². The van der Waals surface area contributed by atoms with Gasteiger partial charge in [-0.3, -0.25) is 9.59 Å². The SMILES string of the molecule is O=C(COC(=O)CSc1nc2ccccc2s1)NCC1(c2ccccc2)CC1. The summed E-state index contributed by atoms with van der Waals surface area (Å²) >= 11 is 2.88. The van der Waals surface area contributed by atoms with Crippen LogP contribution in [-0.2, 0) is 19.7 Å². The molecule has 7 heteroatoms. The Morgan fingerprint density at radius 1 is 1.11 bits per heavy atom. The Bertz CT molecular complexity index is 950. The Morgan fingerprint density at radius 3 is 2.61 bits per heavy atom. The quantitative estimate of drug-likeness (QED) is 0.450. The van der Waals surface area contributed by atoms with E-state index in [0.717, 1.165) is 27.4 Å². The normalized spacial score (nSPS) is 14.6. The first kappa shape index (κ1) is 19.0. The molecule has 1 heterocycles. The van der Waals surface area contributed by atoms with E-state index in [0.29, 0.717) is 6.54 Å². The van der Waals surface area contributed by atoms with E-state index in [-0.39, 0.29) is 23.7 Å². The minimum absolute atomic E-state index is 0.0453. The second kappa shape index (κ2) is 8.32. The van der Waals surface area contributed by atoms with Crippen molar-refractivity contribution in [3.05, 3.63) is 60.2 Å². The molecule has 0 saturated heterocycles. The minimum Gasteiger partial charge on any atom is -0.455 e. The topological polar surface area (TPSA) is 68.3 Å². The van der Waals surface area contributed by atoms with Crippen LogP contribution in [0.4, 0.5) is 0 Å². The molecule has 3 aromatic rings. The van der Waals surface area contributed by atoms with E-state index < -0.39 is 5.97 Å². The summed E-state index contributed by atoms with van der Waals surface area (Å²) in [6.45, 7) is 0.331. The Hall–Kier alpha value is -2.38. The summed E-state index contributed by atoms with van der Waals surface area (Å²) in [7, 11) is 0. The number of amides is 1. The van der Waals surface area contributed by atoms with Crippen molar-refractivity contribution in [1.29, 1.82) is 0 Å². The van der Waals surface area contributed by atoms with Gasteiger partial charge in [0.25, 0.3) is 5.91 Å². The Labute approximate surface area is 171 Å². The number of nitrogens with one attached hydrogen (secondary N) is 1. The standard InChI is InChI=1S/C21H20N2O3S2/c24-18(22-14-21(10-11-21)15-6-2-1-3-7-15)12-26-19(25)13-27-20-23-16-8-4-5-9-17(16)28-20/h1-9H,10-14H2,(H,22,24). The lowest BCUT2D eigenvalue weighted by Crippen LogP contribution is -2.35. The lowest BCUT2D eigenvalue weighted by Gasteiger charge is -2.16. The summed E-state index contributed by atoms with van der Waals surface area (Å²) in [6, 6.07) is 18.1. The number of hydrogen-bond donors (Lipinski definition) is 1. The molecule has 1 amide bonds. The number of carbonyl (C=O) groups excluding carboxylic acids is 2. The highest BCUT2D eigenvalue weighted by atomic mass is 32.2. The zero-order chi connectivity index (χ0) is 19.4. The third-order valence-electron chi connectivity index (χ3n) is 4.82. The van der Waals surface area contributed by atoms with Crippen LogP contribution in [0.5, 0.6) is 0 Å². The number of hydrogen-bond acceptors (Lipinski definition) is 6. The van der Waals surface area contributed by atoms with Crippen molar-refractivity contribution in [2.24, 2.45) is 0 Å². The number of thiazole rings is 1. The van der Waals surface area contributed by atoms with Gasteiger partial charge in [0.1, 0.15) is 0 Å². The van der Waals surface area contributed by atoms with Gasteiger partial charge in [0, 0.05) is 12.0 Å². The molecule has 144 valence electrons. The van der Waals surface area contributed by atoms with Crippen LogP contribution in [-0.4, -0.2) is 35.8 Å². The molecule has 1 aliphatic carbocycles. The molecular weight excluding hydrogens is 392 g/mol. The summed E-state index contributed by atoms with van der Waals surface area (Å²) < 4.78 is 7.00. The average Bonchev–Trinajstić information content (AvgIpc) is 3.41. The Balaban J connectivity index is 1.19.